The SMILES string of the molecule is Br.CCCCCCCCCCCCN1CC=Cc2cc(NC(=O)CC(N)=O)ccc21. The summed E-state index contributed by atoms with van der Waals surface area (Å²) in [6, 6.07) is 5.90. The van der Waals surface area contributed by atoms with Crippen molar-refractivity contribution in [2.45, 2.75) is 77.6 Å². The number of halogens is 1. The van der Waals surface area contributed by atoms with Crippen LogP contribution in [0.1, 0.15) is 83.1 Å². The van der Waals surface area contributed by atoms with Gasteiger partial charge in [0.2, 0.25) is 11.8 Å². The molecule has 6 heteroatoms. The summed E-state index contributed by atoms with van der Waals surface area (Å²) in [4.78, 5) is 25.0. The second-order valence-corrected chi connectivity index (χ2v) is 8.00. The first-order valence-corrected chi connectivity index (χ1v) is 11.2. The Morgan fingerprint density at radius 2 is 1.63 bits per heavy atom. The smallest absolute Gasteiger partial charge is 0.233 e. The highest BCUT2D eigenvalue weighted by molar-refractivity contribution is 8.93. The van der Waals surface area contributed by atoms with Crippen LogP contribution in [0.5, 0.6) is 0 Å². The number of unbranched alkanes of at least 4 members (excludes halogenated alkanes) is 9. The monoisotopic (exact) mass is 479 g/mol. The molecule has 0 aromatic heterocycles. The first-order chi connectivity index (χ1) is 14.1. The van der Waals surface area contributed by atoms with Gasteiger partial charge in [0.15, 0.2) is 0 Å². The highest BCUT2D eigenvalue weighted by Crippen LogP contribution is 2.29. The molecule has 2 rings (SSSR count). The molecule has 1 aliphatic heterocycles. The molecular formula is C24H38BrN3O2. The van der Waals surface area contributed by atoms with Crippen molar-refractivity contribution < 1.29 is 9.59 Å². The summed E-state index contributed by atoms with van der Waals surface area (Å²) >= 11 is 0. The fraction of sp³-hybridized carbons (Fsp3) is 0.583. The Labute approximate surface area is 192 Å². The minimum absolute atomic E-state index is 0. The third-order valence-electron chi connectivity index (χ3n) is 5.39. The molecule has 0 aliphatic carbocycles. The van der Waals surface area contributed by atoms with Gasteiger partial charge in [0.05, 0.1) is 0 Å². The second-order valence-electron chi connectivity index (χ2n) is 8.00. The molecule has 5 nitrogen and oxygen atoms in total. The van der Waals surface area contributed by atoms with Gasteiger partial charge in [-0.15, -0.1) is 17.0 Å². The molecule has 0 atom stereocenters. The van der Waals surface area contributed by atoms with Crippen molar-refractivity contribution in [3.8, 4) is 0 Å². The molecule has 30 heavy (non-hydrogen) atoms. The fourth-order valence-electron chi connectivity index (χ4n) is 3.82. The maximum atomic E-state index is 11.7. The third-order valence-corrected chi connectivity index (χ3v) is 5.39. The number of nitrogens with zero attached hydrogens (tertiary/aromatic N) is 1. The lowest BCUT2D eigenvalue weighted by Gasteiger charge is -2.28. The molecule has 0 saturated heterocycles. The molecule has 0 radical (unpaired) electrons. The van der Waals surface area contributed by atoms with Gasteiger partial charge in [-0.2, -0.15) is 0 Å². The summed E-state index contributed by atoms with van der Waals surface area (Å²) in [5, 5.41) is 2.73. The van der Waals surface area contributed by atoms with Crippen molar-refractivity contribution in [1.29, 1.82) is 0 Å². The summed E-state index contributed by atoms with van der Waals surface area (Å²) in [6.07, 6.45) is 17.4. The largest absolute Gasteiger partial charge is 0.369 e. The number of nitrogens with one attached hydrogen (secondary N) is 1. The number of hydrogen-bond donors (Lipinski definition) is 2. The highest BCUT2D eigenvalue weighted by atomic mass is 79.9. The van der Waals surface area contributed by atoms with Gasteiger partial charge in [-0.25, -0.2) is 0 Å². The zero-order valence-electron chi connectivity index (χ0n) is 18.3. The van der Waals surface area contributed by atoms with Crippen molar-refractivity contribution in [3.05, 3.63) is 29.8 Å². The van der Waals surface area contributed by atoms with Crippen LogP contribution in [0.25, 0.3) is 6.08 Å². The number of rotatable bonds is 14. The standard InChI is InChI=1S/C24H37N3O2.BrH/c1-2-3-4-5-6-7-8-9-10-11-16-27-17-12-13-20-18-21(14-15-22(20)27)26-24(29)19-23(25)28;/h12-15,18H,2-11,16-17,19H2,1H3,(H2,25,28)(H,26,29);1H. The summed E-state index contributed by atoms with van der Waals surface area (Å²) in [6.45, 7) is 4.25. The number of anilines is 2. The van der Waals surface area contributed by atoms with E-state index in [1.54, 1.807) is 0 Å². The zero-order valence-corrected chi connectivity index (χ0v) is 20.0. The van der Waals surface area contributed by atoms with Gasteiger partial charge >= 0.3 is 0 Å². The zero-order chi connectivity index (χ0) is 20.9. The molecule has 1 aromatic rings. The molecule has 1 aromatic carbocycles. The molecular weight excluding hydrogens is 442 g/mol. The number of carbonyl (C=O) groups is 2. The van der Waals surface area contributed by atoms with Gasteiger partial charge in [-0.1, -0.05) is 76.9 Å². The van der Waals surface area contributed by atoms with Crippen LogP contribution in [0, 0.1) is 0 Å². The van der Waals surface area contributed by atoms with Crippen molar-refractivity contribution in [1.82, 2.24) is 0 Å². The molecule has 1 heterocycles. The topological polar surface area (TPSA) is 75.4 Å². The number of benzene rings is 1. The van der Waals surface area contributed by atoms with E-state index in [-0.39, 0.29) is 29.3 Å². The summed E-state index contributed by atoms with van der Waals surface area (Å²) in [5.41, 5.74) is 8.06. The van der Waals surface area contributed by atoms with Crippen molar-refractivity contribution >= 4 is 46.2 Å². The molecule has 2 amide bonds. The number of primary amides is 1. The van der Waals surface area contributed by atoms with Crippen LogP contribution < -0.4 is 16.0 Å². The van der Waals surface area contributed by atoms with Gasteiger partial charge in [0.1, 0.15) is 6.42 Å². The van der Waals surface area contributed by atoms with Crippen molar-refractivity contribution in [3.63, 3.8) is 0 Å². The maximum absolute atomic E-state index is 11.7. The molecule has 0 fully saturated rings. The molecule has 0 saturated carbocycles. The summed E-state index contributed by atoms with van der Waals surface area (Å²) in [7, 11) is 0. The number of hydrogen-bond acceptors (Lipinski definition) is 3. The molecule has 0 spiro atoms. The number of amides is 2. The van der Waals surface area contributed by atoms with E-state index in [4.69, 9.17) is 5.73 Å². The van der Waals surface area contributed by atoms with Gasteiger partial charge in [0, 0.05) is 24.5 Å². The highest BCUT2D eigenvalue weighted by Gasteiger charge is 2.14. The summed E-state index contributed by atoms with van der Waals surface area (Å²) < 4.78 is 0. The van der Waals surface area contributed by atoms with E-state index in [0.717, 1.165) is 18.7 Å². The molecule has 1 aliphatic rings. The average molecular weight is 480 g/mol. The lowest BCUT2D eigenvalue weighted by Crippen LogP contribution is -2.27. The van der Waals surface area contributed by atoms with Crippen LogP contribution in [-0.4, -0.2) is 24.9 Å². The lowest BCUT2D eigenvalue weighted by molar-refractivity contribution is -0.124. The summed E-state index contributed by atoms with van der Waals surface area (Å²) in [5.74, 6) is -0.998. The van der Waals surface area contributed by atoms with Gasteiger partial charge in [-0.3, -0.25) is 9.59 Å². The van der Waals surface area contributed by atoms with Crippen LogP contribution in [0.3, 0.4) is 0 Å². The molecule has 0 unspecified atom stereocenters. The Hall–Kier alpha value is -1.82. The normalized spacial score (nSPS) is 12.2. The first kappa shape index (κ1) is 26.2. The van der Waals surface area contributed by atoms with E-state index in [9.17, 15) is 9.59 Å². The molecule has 3 N–H and O–H groups in total. The average Bonchev–Trinajstić information content (AvgIpc) is 2.68. The second kappa shape index (κ2) is 15.1. The first-order valence-electron chi connectivity index (χ1n) is 11.2. The van der Waals surface area contributed by atoms with Crippen LogP contribution >= 0.6 is 17.0 Å². The van der Waals surface area contributed by atoms with Crippen LogP contribution in [0.15, 0.2) is 24.3 Å². The molecule has 0 bridgehead atoms. The van der Waals surface area contributed by atoms with E-state index in [0.29, 0.717) is 5.69 Å². The predicted molar refractivity (Wildman–Crippen MR) is 132 cm³/mol. The van der Waals surface area contributed by atoms with E-state index in [2.05, 4.69) is 35.4 Å². The van der Waals surface area contributed by atoms with Crippen LogP contribution in [0.2, 0.25) is 0 Å². The van der Waals surface area contributed by atoms with E-state index in [1.165, 1.54) is 69.9 Å². The third kappa shape index (κ3) is 9.79. The van der Waals surface area contributed by atoms with Crippen molar-refractivity contribution in [2.24, 2.45) is 5.73 Å². The van der Waals surface area contributed by atoms with Gasteiger partial charge < -0.3 is 16.0 Å². The maximum Gasteiger partial charge on any atom is 0.233 e. The minimum Gasteiger partial charge on any atom is -0.369 e. The van der Waals surface area contributed by atoms with Gasteiger partial charge in [-0.05, 0) is 30.2 Å². The van der Waals surface area contributed by atoms with E-state index >= 15 is 0 Å². The van der Waals surface area contributed by atoms with Crippen LogP contribution in [-0.2, 0) is 9.59 Å². The minimum atomic E-state index is -0.622. The van der Waals surface area contributed by atoms with E-state index in [1.807, 2.05) is 12.1 Å². The molecule has 168 valence electrons. The Bertz CT molecular complexity index is 691. The fourth-order valence-corrected chi connectivity index (χ4v) is 3.82. The lowest BCUT2D eigenvalue weighted by atomic mass is 10.0. The Morgan fingerprint density at radius 1 is 1.00 bits per heavy atom. The van der Waals surface area contributed by atoms with Crippen LogP contribution in [0.4, 0.5) is 11.4 Å². The van der Waals surface area contributed by atoms with Crippen molar-refractivity contribution in [2.75, 3.05) is 23.3 Å². The van der Waals surface area contributed by atoms with Gasteiger partial charge in [0.25, 0.3) is 0 Å². The Balaban J connectivity index is 0.00000450. The predicted octanol–water partition coefficient (Wildman–Crippen LogP) is 5.83. The Kier molecular flexibility index (Phi) is 13.2. The quantitative estimate of drug-likeness (QED) is 0.260. The number of fused-ring (bicyclic) bond motifs is 1. The number of nitrogens with two attached hydrogens (primary N) is 1. The Morgan fingerprint density at radius 3 is 2.27 bits per heavy atom. The van der Waals surface area contributed by atoms with E-state index < -0.39 is 5.91 Å². The number of carbonyl (C=O) groups excluding carboxylic acids is 2.